The van der Waals surface area contributed by atoms with Crippen LogP contribution in [0.2, 0.25) is 5.02 Å². The van der Waals surface area contributed by atoms with E-state index in [0.29, 0.717) is 16.1 Å². The number of aromatic nitrogens is 3. The van der Waals surface area contributed by atoms with Crippen LogP contribution in [0, 0.1) is 0 Å². The predicted molar refractivity (Wildman–Crippen MR) is 60.4 cm³/mol. The molecule has 0 atom stereocenters. The van der Waals surface area contributed by atoms with Crippen LogP contribution in [0.3, 0.4) is 0 Å². The van der Waals surface area contributed by atoms with Crippen molar-refractivity contribution in [1.82, 2.24) is 14.1 Å². The molecular formula is C10H12ClN3O. The molecule has 0 aliphatic heterocycles. The summed E-state index contributed by atoms with van der Waals surface area (Å²) in [6, 6.07) is 0.236. The van der Waals surface area contributed by atoms with Crippen LogP contribution in [-0.4, -0.2) is 14.1 Å². The van der Waals surface area contributed by atoms with Crippen LogP contribution in [0.25, 0.3) is 11.0 Å². The topological polar surface area (TPSA) is 39.8 Å². The molecule has 0 spiro atoms. The van der Waals surface area contributed by atoms with E-state index >= 15 is 0 Å². The molecule has 0 aliphatic rings. The summed E-state index contributed by atoms with van der Waals surface area (Å²) in [6.07, 6.45) is 3.27. The number of nitrogens with zero attached hydrogens (tertiary/aromatic N) is 3. The number of halogens is 1. The Morgan fingerprint density at radius 1 is 1.47 bits per heavy atom. The molecule has 2 aromatic rings. The van der Waals surface area contributed by atoms with Crippen LogP contribution < -0.4 is 5.56 Å². The third-order valence-corrected chi connectivity index (χ3v) is 2.69. The highest BCUT2D eigenvalue weighted by Crippen LogP contribution is 2.23. The molecule has 0 aromatic carbocycles. The fourth-order valence-electron chi connectivity index (χ4n) is 1.58. The van der Waals surface area contributed by atoms with E-state index in [1.54, 1.807) is 13.2 Å². The second-order valence-corrected chi connectivity index (χ2v) is 4.24. The van der Waals surface area contributed by atoms with Gasteiger partial charge in [0.25, 0.3) is 5.56 Å². The van der Waals surface area contributed by atoms with Gasteiger partial charge in [0.15, 0.2) is 0 Å². The van der Waals surface area contributed by atoms with Gasteiger partial charge in [0.05, 0.1) is 11.3 Å². The van der Waals surface area contributed by atoms with Crippen LogP contribution in [0.4, 0.5) is 0 Å². The van der Waals surface area contributed by atoms with Gasteiger partial charge >= 0.3 is 0 Å². The summed E-state index contributed by atoms with van der Waals surface area (Å²) >= 11 is 6.02. The average Bonchev–Trinajstić information content (AvgIpc) is 2.50. The second kappa shape index (κ2) is 3.38. The van der Waals surface area contributed by atoms with E-state index < -0.39 is 0 Å². The van der Waals surface area contributed by atoms with Gasteiger partial charge in [-0.3, -0.25) is 4.79 Å². The van der Waals surface area contributed by atoms with Gasteiger partial charge in [0.1, 0.15) is 11.0 Å². The molecular weight excluding hydrogens is 214 g/mol. The molecule has 80 valence electrons. The van der Waals surface area contributed by atoms with Gasteiger partial charge in [-0.1, -0.05) is 11.6 Å². The lowest BCUT2D eigenvalue weighted by Gasteiger charge is -2.07. The molecule has 2 rings (SSSR count). The third-order valence-electron chi connectivity index (χ3n) is 2.40. The minimum absolute atomic E-state index is 0.107. The maximum Gasteiger partial charge on any atom is 0.264 e. The average molecular weight is 226 g/mol. The molecule has 0 amide bonds. The van der Waals surface area contributed by atoms with Crippen molar-refractivity contribution in [3.8, 4) is 0 Å². The quantitative estimate of drug-likeness (QED) is 0.745. The molecule has 4 nitrogen and oxygen atoms in total. The highest BCUT2D eigenvalue weighted by Gasteiger charge is 2.13. The number of hydrogen-bond acceptors (Lipinski definition) is 2. The van der Waals surface area contributed by atoms with E-state index in [9.17, 15) is 4.79 Å². The normalized spacial score (nSPS) is 11.5. The summed E-state index contributed by atoms with van der Waals surface area (Å²) in [5, 5.41) is 0.961. The number of hydrogen-bond donors (Lipinski definition) is 0. The van der Waals surface area contributed by atoms with Gasteiger partial charge in [0.2, 0.25) is 0 Å². The molecule has 0 saturated heterocycles. The van der Waals surface area contributed by atoms with E-state index in [2.05, 4.69) is 4.98 Å². The zero-order chi connectivity index (χ0) is 11.2. The Morgan fingerprint density at radius 3 is 2.73 bits per heavy atom. The summed E-state index contributed by atoms with van der Waals surface area (Å²) < 4.78 is 3.33. The minimum atomic E-state index is -0.107. The van der Waals surface area contributed by atoms with Gasteiger partial charge in [-0.15, -0.1) is 0 Å². The smallest absolute Gasteiger partial charge is 0.264 e. The van der Waals surface area contributed by atoms with Gasteiger partial charge in [0, 0.05) is 19.3 Å². The van der Waals surface area contributed by atoms with Crippen LogP contribution in [0.1, 0.15) is 19.9 Å². The van der Waals surface area contributed by atoms with Gasteiger partial charge in [-0.25, -0.2) is 4.98 Å². The van der Waals surface area contributed by atoms with E-state index in [4.69, 9.17) is 11.6 Å². The molecule has 15 heavy (non-hydrogen) atoms. The summed E-state index contributed by atoms with van der Waals surface area (Å²) in [5.41, 5.74) is 0.544. The summed E-state index contributed by atoms with van der Waals surface area (Å²) in [6.45, 7) is 4.05. The maximum absolute atomic E-state index is 11.8. The minimum Gasteiger partial charge on any atom is -0.328 e. The summed E-state index contributed by atoms with van der Waals surface area (Å²) in [4.78, 5) is 16.0. The molecule has 2 heterocycles. The lowest BCUT2D eigenvalue weighted by atomic mass is 10.4. The highest BCUT2D eigenvalue weighted by molar-refractivity contribution is 6.35. The van der Waals surface area contributed by atoms with Crippen molar-refractivity contribution in [2.24, 2.45) is 7.05 Å². The SMILES string of the molecule is CC(C)n1cc(Cl)c2c(=O)n(C)cnc21. The Balaban J connectivity index is 2.93. The predicted octanol–water partition coefficient (Wildman–Crippen LogP) is 1.97. The van der Waals surface area contributed by atoms with Crippen LogP contribution >= 0.6 is 11.6 Å². The van der Waals surface area contributed by atoms with Crippen LogP contribution in [0.5, 0.6) is 0 Å². The first-order chi connectivity index (χ1) is 7.02. The van der Waals surface area contributed by atoms with E-state index in [1.807, 2.05) is 18.4 Å². The van der Waals surface area contributed by atoms with Crippen molar-refractivity contribution in [2.75, 3.05) is 0 Å². The molecule has 0 saturated carbocycles. The van der Waals surface area contributed by atoms with Crippen molar-refractivity contribution < 1.29 is 0 Å². The first-order valence-corrected chi connectivity index (χ1v) is 5.12. The Morgan fingerprint density at radius 2 is 2.13 bits per heavy atom. The first-order valence-electron chi connectivity index (χ1n) is 4.74. The van der Waals surface area contributed by atoms with Crippen molar-refractivity contribution in [3.63, 3.8) is 0 Å². The zero-order valence-corrected chi connectivity index (χ0v) is 9.62. The fourth-order valence-corrected chi connectivity index (χ4v) is 1.85. The Hall–Kier alpha value is -1.29. The van der Waals surface area contributed by atoms with Crippen LogP contribution in [0.15, 0.2) is 17.3 Å². The molecule has 0 unspecified atom stereocenters. The molecule has 0 bridgehead atoms. The molecule has 2 aromatic heterocycles. The van der Waals surface area contributed by atoms with Crippen molar-refractivity contribution >= 4 is 22.6 Å². The molecule has 5 heteroatoms. The van der Waals surface area contributed by atoms with Gasteiger partial charge < -0.3 is 9.13 Å². The largest absolute Gasteiger partial charge is 0.328 e. The molecule has 0 fully saturated rings. The lowest BCUT2D eigenvalue weighted by Crippen LogP contribution is -2.17. The fraction of sp³-hybridized carbons (Fsp3) is 0.400. The Kier molecular flexibility index (Phi) is 2.31. The summed E-state index contributed by atoms with van der Waals surface area (Å²) in [5.74, 6) is 0. The summed E-state index contributed by atoms with van der Waals surface area (Å²) in [7, 11) is 1.66. The monoisotopic (exact) mass is 225 g/mol. The van der Waals surface area contributed by atoms with Crippen molar-refractivity contribution in [2.45, 2.75) is 19.9 Å². The van der Waals surface area contributed by atoms with Crippen molar-refractivity contribution in [1.29, 1.82) is 0 Å². The van der Waals surface area contributed by atoms with Crippen molar-refractivity contribution in [3.05, 3.63) is 27.9 Å². The number of fused-ring (bicyclic) bond motifs is 1. The molecule has 0 aliphatic carbocycles. The molecule has 0 N–H and O–H groups in total. The highest BCUT2D eigenvalue weighted by atomic mass is 35.5. The van der Waals surface area contributed by atoms with E-state index in [1.165, 1.54) is 10.9 Å². The van der Waals surface area contributed by atoms with Gasteiger partial charge in [-0.2, -0.15) is 0 Å². The number of rotatable bonds is 1. The molecule has 0 radical (unpaired) electrons. The standard InChI is InChI=1S/C10H12ClN3O/c1-6(2)14-4-7(11)8-9(14)12-5-13(3)10(8)15/h4-6H,1-3H3. The van der Waals surface area contributed by atoms with E-state index in [-0.39, 0.29) is 11.6 Å². The number of aryl methyl sites for hydroxylation is 1. The first kappa shape index (κ1) is 10.2. The maximum atomic E-state index is 11.8. The van der Waals surface area contributed by atoms with E-state index in [0.717, 1.165) is 0 Å². The Labute approximate surface area is 92.1 Å². The Bertz CT molecular complexity index is 568. The third kappa shape index (κ3) is 1.45. The van der Waals surface area contributed by atoms with Crippen LogP contribution in [-0.2, 0) is 7.05 Å². The van der Waals surface area contributed by atoms with Gasteiger partial charge in [-0.05, 0) is 13.8 Å². The second-order valence-electron chi connectivity index (χ2n) is 3.84. The zero-order valence-electron chi connectivity index (χ0n) is 8.86. The lowest BCUT2D eigenvalue weighted by molar-refractivity contribution is 0.616.